The molecule has 0 aliphatic rings. The zero-order valence-electron chi connectivity index (χ0n) is 8.92. The number of rotatable bonds is 8. The highest BCUT2D eigenvalue weighted by Crippen LogP contribution is 1.91. The summed E-state index contributed by atoms with van der Waals surface area (Å²) in [7, 11) is 1.76. The Morgan fingerprint density at radius 3 is 2.23 bits per heavy atom. The molecule has 0 aliphatic heterocycles. The van der Waals surface area contributed by atoms with E-state index in [2.05, 4.69) is 24.2 Å². The third-order valence-electron chi connectivity index (χ3n) is 2.18. The van der Waals surface area contributed by atoms with E-state index in [1.54, 1.807) is 12.1 Å². The summed E-state index contributed by atoms with van der Waals surface area (Å²) >= 11 is 0. The molecular formula is C9H21N3O. The van der Waals surface area contributed by atoms with Gasteiger partial charge in [-0.25, -0.2) is 5.43 Å². The predicted octanol–water partition coefficient (Wildman–Crippen LogP) is 0.311. The van der Waals surface area contributed by atoms with Gasteiger partial charge in [0.15, 0.2) is 0 Å². The van der Waals surface area contributed by atoms with Crippen molar-refractivity contribution in [2.24, 2.45) is 0 Å². The van der Waals surface area contributed by atoms with E-state index in [9.17, 15) is 4.79 Å². The normalized spacial score (nSPS) is 10.5. The van der Waals surface area contributed by atoms with Crippen molar-refractivity contribution in [1.82, 2.24) is 15.3 Å². The van der Waals surface area contributed by atoms with E-state index < -0.39 is 0 Å². The molecule has 0 radical (unpaired) electrons. The van der Waals surface area contributed by atoms with E-state index in [1.807, 2.05) is 0 Å². The standard InChI is InChI=1S/C9H21N3O/c1-4-11(5-2)7-6-8-12(9-13)10-3/h9-10H,4-8H2,1-3H3. The minimum atomic E-state index is 0.774. The lowest BCUT2D eigenvalue weighted by Crippen LogP contribution is -2.36. The lowest BCUT2D eigenvalue weighted by Gasteiger charge is -2.20. The Balaban J connectivity index is 3.46. The molecule has 0 spiro atoms. The van der Waals surface area contributed by atoms with Crippen LogP contribution in [0.1, 0.15) is 20.3 Å². The summed E-state index contributed by atoms with van der Waals surface area (Å²) in [6.45, 7) is 8.29. The van der Waals surface area contributed by atoms with Crippen LogP contribution in [0.25, 0.3) is 0 Å². The molecule has 0 unspecified atom stereocenters. The van der Waals surface area contributed by atoms with Crippen LogP contribution >= 0.6 is 0 Å². The highest BCUT2D eigenvalue weighted by Gasteiger charge is 2.00. The smallest absolute Gasteiger partial charge is 0.223 e. The van der Waals surface area contributed by atoms with Crippen molar-refractivity contribution in [3.8, 4) is 0 Å². The summed E-state index contributed by atoms with van der Waals surface area (Å²) in [4.78, 5) is 12.7. The fourth-order valence-electron chi connectivity index (χ4n) is 1.22. The molecule has 0 fully saturated rings. The molecule has 0 atom stereocenters. The maximum Gasteiger partial charge on any atom is 0.223 e. The minimum Gasteiger partial charge on any atom is -0.304 e. The number of nitrogens with one attached hydrogen (secondary N) is 1. The van der Waals surface area contributed by atoms with Gasteiger partial charge in [-0.3, -0.25) is 9.80 Å². The highest BCUT2D eigenvalue weighted by atomic mass is 16.1. The van der Waals surface area contributed by atoms with Crippen LogP contribution in [0, 0.1) is 0 Å². The maximum absolute atomic E-state index is 10.4. The molecule has 13 heavy (non-hydrogen) atoms. The summed E-state index contributed by atoms with van der Waals surface area (Å²) in [5.41, 5.74) is 2.81. The summed E-state index contributed by atoms with van der Waals surface area (Å²) in [5, 5.41) is 1.56. The summed E-state index contributed by atoms with van der Waals surface area (Å²) in [6, 6.07) is 0. The molecule has 4 heteroatoms. The average molecular weight is 187 g/mol. The van der Waals surface area contributed by atoms with E-state index in [-0.39, 0.29) is 0 Å². The van der Waals surface area contributed by atoms with Gasteiger partial charge in [0.1, 0.15) is 0 Å². The zero-order chi connectivity index (χ0) is 10.1. The van der Waals surface area contributed by atoms with Crippen molar-refractivity contribution in [1.29, 1.82) is 0 Å². The first-order chi connectivity index (χ1) is 6.28. The Hall–Kier alpha value is -0.610. The van der Waals surface area contributed by atoms with Gasteiger partial charge in [0, 0.05) is 13.6 Å². The lowest BCUT2D eigenvalue weighted by atomic mass is 10.3. The summed E-state index contributed by atoms with van der Waals surface area (Å²) in [6.07, 6.45) is 1.84. The first kappa shape index (κ1) is 12.4. The van der Waals surface area contributed by atoms with Crippen molar-refractivity contribution in [2.75, 3.05) is 33.2 Å². The van der Waals surface area contributed by atoms with Gasteiger partial charge < -0.3 is 4.90 Å². The molecule has 0 rings (SSSR count). The Kier molecular flexibility index (Phi) is 7.63. The van der Waals surface area contributed by atoms with Crippen LogP contribution in [0.15, 0.2) is 0 Å². The first-order valence-electron chi connectivity index (χ1n) is 4.90. The minimum absolute atomic E-state index is 0.774. The van der Waals surface area contributed by atoms with Crippen LogP contribution in [-0.2, 0) is 4.79 Å². The second-order valence-corrected chi connectivity index (χ2v) is 2.90. The fourth-order valence-corrected chi connectivity index (χ4v) is 1.22. The van der Waals surface area contributed by atoms with Crippen LogP contribution in [0.4, 0.5) is 0 Å². The zero-order valence-corrected chi connectivity index (χ0v) is 8.92. The number of carbonyl (C=O) groups is 1. The van der Waals surface area contributed by atoms with Gasteiger partial charge in [-0.2, -0.15) is 0 Å². The number of hydrogen-bond donors (Lipinski definition) is 1. The van der Waals surface area contributed by atoms with Crippen LogP contribution in [0.5, 0.6) is 0 Å². The van der Waals surface area contributed by atoms with Gasteiger partial charge in [-0.15, -0.1) is 0 Å². The van der Waals surface area contributed by atoms with Crippen molar-refractivity contribution in [3.05, 3.63) is 0 Å². The van der Waals surface area contributed by atoms with Gasteiger partial charge in [0.05, 0.1) is 0 Å². The molecule has 4 nitrogen and oxygen atoms in total. The van der Waals surface area contributed by atoms with Gasteiger partial charge in [-0.1, -0.05) is 13.8 Å². The second kappa shape index (κ2) is 8.01. The number of amides is 1. The molecule has 0 saturated carbocycles. The van der Waals surface area contributed by atoms with Gasteiger partial charge >= 0.3 is 0 Å². The Bertz CT molecular complexity index is 126. The van der Waals surface area contributed by atoms with Crippen molar-refractivity contribution in [3.63, 3.8) is 0 Å². The van der Waals surface area contributed by atoms with Crippen LogP contribution in [-0.4, -0.2) is 49.5 Å². The Morgan fingerprint density at radius 2 is 1.85 bits per heavy atom. The quantitative estimate of drug-likeness (QED) is 0.439. The number of hydrogen-bond acceptors (Lipinski definition) is 3. The molecule has 0 aromatic heterocycles. The van der Waals surface area contributed by atoms with E-state index in [4.69, 9.17) is 0 Å². The number of nitrogens with zero attached hydrogens (tertiary/aromatic N) is 2. The van der Waals surface area contributed by atoms with E-state index in [0.29, 0.717) is 0 Å². The van der Waals surface area contributed by atoms with Crippen LogP contribution in [0.2, 0.25) is 0 Å². The Morgan fingerprint density at radius 1 is 1.23 bits per heavy atom. The van der Waals surface area contributed by atoms with E-state index in [0.717, 1.165) is 39.0 Å². The number of carbonyl (C=O) groups excluding carboxylic acids is 1. The molecule has 0 saturated heterocycles. The molecule has 78 valence electrons. The molecule has 0 bridgehead atoms. The molecule has 0 aromatic rings. The Labute approximate surface area is 80.9 Å². The van der Waals surface area contributed by atoms with Gasteiger partial charge in [-0.05, 0) is 26.1 Å². The monoisotopic (exact) mass is 187 g/mol. The van der Waals surface area contributed by atoms with Crippen molar-refractivity contribution < 1.29 is 4.79 Å². The summed E-state index contributed by atoms with van der Waals surface area (Å²) < 4.78 is 0. The predicted molar refractivity (Wildman–Crippen MR) is 54.2 cm³/mol. The van der Waals surface area contributed by atoms with Crippen molar-refractivity contribution in [2.45, 2.75) is 20.3 Å². The fraction of sp³-hybridized carbons (Fsp3) is 0.889. The van der Waals surface area contributed by atoms with Gasteiger partial charge in [0.2, 0.25) is 6.41 Å². The molecule has 0 aliphatic carbocycles. The maximum atomic E-state index is 10.4. The molecule has 1 amide bonds. The SMILES string of the molecule is CCN(CC)CCCN(C=O)NC. The van der Waals surface area contributed by atoms with Crippen LogP contribution in [0.3, 0.4) is 0 Å². The summed E-state index contributed by atoms with van der Waals surface area (Å²) in [5.74, 6) is 0. The third kappa shape index (κ3) is 5.60. The topological polar surface area (TPSA) is 35.6 Å². The number of hydrazine groups is 1. The lowest BCUT2D eigenvalue weighted by molar-refractivity contribution is -0.120. The van der Waals surface area contributed by atoms with E-state index in [1.165, 1.54) is 0 Å². The third-order valence-corrected chi connectivity index (χ3v) is 2.18. The van der Waals surface area contributed by atoms with Gasteiger partial charge in [0.25, 0.3) is 0 Å². The molecular weight excluding hydrogens is 166 g/mol. The second-order valence-electron chi connectivity index (χ2n) is 2.90. The first-order valence-corrected chi connectivity index (χ1v) is 4.90. The molecule has 0 heterocycles. The largest absolute Gasteiger partial charge is 0.304 e. The highest BCUT2D eigenvalue weighted by molar-refractivity contribution is 5.45. The average Bonchev–Trinajstić information content (AvgIpc) is 2.19. The molecule has 0 aromatic carbocycles. The molecule has 1 N–H and O–H groups in total. The van der Waals surface area contributed by atoms with Crippen LogP contribution < -0.4 is 5.43 Å². The van der Waals surface area contributed by atoms with Crippen molar-refractivity contribution >= 4 is 6.41 Å². The van der Waals surface area contributed by atoms with E-state index >= 15 is 0 Å².